The van der Waals surface area contributed by atoms with E-state index >= 15 is 0 Å². The number of phenolic OH excluding ortho intramolecular Hbond substituents is 2. The molecule has 11 heteroatoms. The summed E-state index contributed by atoms with van der Waals surface area (Å²) in [4.78, 5) is 19.0. The summed E-state index contributed by atoms with van der Waals surface area (Å²) in [5.74, 6) is 0.209. The van der Waals surface area contributed by atoms with Gasteiger partial charge in [-0.2, -0.15) is 4.31 Å². The average molecular weight is 440 g/mol. The summed E-state index contributed by atoms with van der Waals surface area (Å²) < 4.78 is 36.9. The van der Waals surface area contributed by atoms with Gasteiger partial charge in [-0.25, -0.2) is 9.13 Å². The van der Waals surface area contributed by atoms with E-state index in [9.17, 15) is 18.9 Å². The number of aromatic hydroxyl groups is 2. The fourth-order valence-electron chi connectivity index (χ4n) is 1.89. The zero-order valence-electron chi connectivity index (χ0n) is 14.8. The van der Waals surface area contributed by atoms with Crippen molar-refractivity contribution < 1.29 is 42.5 Å². The predicted molar refractivity (Wildman–Crippen MR) is 105 cm³/mol. The molecule has 0 saturated carbocycles. The van der Waals surface area contributed by atoms with Gasteiger partial charge in [-0.05, 0) is 36.4 Å². The third-order valence-corrected chi connectivity index (χ3v) is 5.50. The van der Waals surface area contributed by atoms with Gasteiger partial charge in [0, 0.05) is 6.07 Å². The fourth-order valence-corrected chi connectivity index (χ4v) is 3.97. The summed E-state index contributed by atoms with van der Waals surface area (Å²) in [5, 5.41) is 17.3. The van der Waals surface area contributed by atoms with Gasteiger partial charge in [0.2, 0.25) is 0 Å². The van der Waals surface area contributed by atoms with Gasteiger partial charge in [-0.15, -0.1) is 0 Å². The molecule has 0 heterocycles. The second-order valence-electron chi connectivity index (χ2n) is 5.35. The van der Waals surface area contributed by atoms with Crippen molar-refractivity contribution in [1.29, 1.82) is 0 Å². The number of phosphoric acid groups is 2. The Labute approximate surface area is 166 Å². The van der Waals surface area contributed by atoms with Crippen LogP contribution >= 0.6 is 15.6 Å². The lowest BCUT2D eigenvalue weighted by molar-refractivity contribution is 0.234. The minimum atomic E-state index is -4.81. The van der Waals surface area contributed by atoms with Crippen molar-refractivity contribution in [2.24, 2.45) is 0 Å². The molecule has 9 nitrogen and oxygen atoms in total. The van der Waals surface area contributed by atoms with E-state index in [1.165, 1.54) is 42.5 Å². The molecule has 29 heavy (non-hydrogen) atoms. The molecule has 2 atom stereocenters. The van der Waals surface area contributed by atoms with Crippen molar-refractivity contribution in [2.75, 3.05) is 0 Å². The van der Waals surface area contributed by atoms with E-state index in [-0.39, 0.29) is 23.0 Å². The molecule has 3 rings (SSSR count). The average Bonchev–Trinajstić information content (AvgIpc) is 2.62. The second kappa shape index (κ2) is 10.1. The van der Waals surface area contributed by atoms with Crippen molar-refractivity contribution in [3.8, 4) is 23.0 Å². The highest BCUT2D eigenvalue weighted by Gasteiger charge is 2.37. The molecule has 0 aliphatic carbocycles. The van der Waals surface area contributed by atoms with Crippen LogP contribution in [0.4, 0.5) is 0 Å². The van der Waals surface area contributed by atoms with Crippen LogP contribution in [0.5, 0.6) is 23.0 Å². The zero-order valence-corrected chi connectivity index (χ0v) is 16.6. The summed E-state index contributed by atoms with van der Waals surface area (Å²) in [6.45, 7) is 0. The van der Waals surface area contributed by atoms with Gasteiger partial charge >= 0.3 is 15.6 Å². The maximum absolute atomic E-state index is 11.7. The summed E-state index contributed by atoms with van der Waals surface area (Å²) in [7, 11) is -9.62. The first-order valence-corrected chi connectivity index (χ1v) is 11.0. The molecule has 0 aliphatic rings. The standard InChI is InChI=1S/C12H12O7P2.C6H6O2/c13-20(14,17-11-7-3-1-4-8-11)19-21(15,16)18-12-9-5-2-6-10-12;7-5-2-1-3-6(8)4-5/h1-10H,(H,13,14)(H,15,16);1-4,7-8H. The lowest BCUT2D eigenvalue weighted by atomic mass is 10.3. The Balaban J connectivity index is 0.000000313. The molecule has 3 aromatic carbocycles. The van der Waals surface area contributed by atoms with E-state index in [2.05, 4.69) is 13.4 Å². The summed E-state index contributed by atoms with van der Waals surface area (Å²) in [5.41, 5.74) is 0. The number of hydrogen-bond acceptors (Lipinski definition) is 7. The summed E-state index contributed by atoms with van der Waals surface area (Å²) >= 11 is 0. The zero-order chi connectivity index (χ0) is 21.3. The molecule has 0 amide bonds. The van der Waals surface area contributed by atoms with E-state index in [1.807, 2.05) is 0 Å². The van der Waals surface area contributed by atoms with Crippen LogP contribution in [0.3, 0.4) is 0 Å². The van der Waals surface area contributed by atoms with Crippen LogP contribution in [0.2, 0.25) is 0 Å². The van der Waals surface area contributed by atoms with E-state index in [4.69, 9.17) is 10.2 Å². The molecule has 0 saturated heterocycles. The number of phenols is 2. The van der Waals surface area contributed by atoms with Gasteiger partial charge in [0.1, 0.15) is 23.0 Å². The molecule has 0 aromatic heterocycles. The third kappa shape index (κ3) is 8.83. The minimum absolute atomic E-state index is 0.0167. The third-order valence-electron chi connectivity index (χ3n) is 2.96. The van der Waals surface area contributed by atoms with Crippen molar-refractivity contribution in [3.63, 3.8) is 0 Å². The van der Waals surface area contributed by atoms with Gasteiger partial charge in [0.15, 0.2) is 0 Å². The van der Waals surface area contributed by atoms with Gasteiger partial charge in [0.25, 0.3) is 0 Å². The number of para-hydroxylation sites is 2. The topological polar surface area (TPSA) is 143 Å². The van der Waals surface area contributed by atoms with Crippen molar-refractivity contribution in [3.05, 3.63) is 84.9 Å². The maximum Gasteiger partial charge on any atom is 0.537 e. The van der Waals surface area contributed by atoms with Gasteiger partial charge < -0.3 is 19.3 Å². The first-order chi connectivity index (χ1) is 13.7. The number of benzene rings is 3. The normalized spacial score (nSPS) is 14.4. The summed E-state index contributed by atoms with van der Waals surface area (Å²) in [6, 6.07) is 21.0. The van der Waals surface area contributed by atoms with E-state index in [0.29, 0.717) is 0 Å². The van der Waals surface area contributed by atoms with Gasteiger partial charge in [-0.1, -0.05) is 42.5 Å². The molecule has 0 bridgehead atoms. The highest BCUT2D eigenvalue weighted by atomic mass is 31.3. The maximum atomic E-state index is 11.7. The Hall–Kier alpha value is -2.80. The number of hydrogen-bond donors (Lipinski definition) is 4. The smallest absolute Gasteiger partial charge is 0.508 e. The fraction of sp³-hybridized carbons (Fsp3) is 0. The summed E-state index contributed by atoms with van der Waals surface area (Å²) in [6.07, 6.45) is 0. The lowest BCUT2D eigenvalue weighted by Gasteiger charge is -2.16. The highest BCUT2D eigenvalue weighted by Crippen LogP contribution is 2.59. The van der Waals surface area contributed by atoms with Crippen LogP contribution in [-0.4, -0.2) is 20.0 Å². The van der Waals surface area contributed by atoms with Crippen LogP contribution in [0.1, 0.15) is 0 Å². The van der Waals surface area contributed by atoms with Crippen molar-refractivity contribution in [1.82, 2.24) is 0 Å². The molecule has 3 aromatic rings. The SMILES string of the molecule is O=P(O)(Oc1ccccc1)OP(=O)(O)Oc1ccccc1.Oc1cccc(O)c1. The monoisotopic (exact) mass is 440 g/mol. The first kappa shape index (κ1) is 22.5. The number of phosphoric ester groups is 2. The lowest BCUT2D eigenvalue weighted by Crippen LogP contribution is -2.00. The Bertz CT molecular complexity index is 920. The Morgan fingerprint density at radius 2 is 0.966 bits per heavy atom. The van der Waals surface area contributed by atoms with Crippen LogP contribution in [0.25, 0.3) is 0 Å². The van der Waals surface area contributed by atoms with Crippen molar-refractivity contribution in [2.45, 2.75) is 0 Å². The Morgan fingerprint density at radius 3 is 1.28 bits per heavy atom. The van der Waals surface area contributed by atoms with Crippen molar-refractivity contribution >= 4 is 15.6 Å². The Kier molecular flexibility index (Phi) is 7.84. The number of rotatable bonds is 6. The van der Waals surface area contributed by atoms with Crippen LogP contribution in [0, 0.1) is 0 Å². The minimum Gasteiger partial charge on any atom is -0.508 e. The highest BCUT2D eigenvalue weighted by molar-refractivity contribution is 7.61. The first-order valence-electron chi connectivity index (χ1n) is 7.99. The van der Waals surface area contributed by atoms with Gasteiger partial charge in [0.05, 0.1) is 0 Å². The molecular weight excluding hydrogens is 422 g/mol. The van der Waals surface area contributed by atoms with Crippen LogP contribution in [-0.2, 0) is 13.4 Å². The molecular formula is C18H18O9P2. The van der Waals surface area contributed by atoms with Gasteiger partial charge in [-0.3, -0.25) is 9.79 Å². The predicted octanol–water partition coefficient (Wildman–Crippen LogP) is 4.46. The molecule has 2 unspecified atom stereocenters. The van der Waals surface area contributed by atoms with E-state index in [0.717, 1.165) is 0 Å². The second-order valence-corrected chi connectivity index (χ2v) is 8.24. The molecule has 0 aliphatic heterocycles. The molecule has 154 valence electrons. The molecule has 0 radical (unpaired) electrons. The Morgan fingerprint density at radius 1 is 0.586 bits per heavy atom. The molecule has 0 spiro atoms. The van der Waals surface area contributed by atoms with Crippen LogP contribution < -0.4 is 9.05 Å². The van der Waals surface area contributed by atoms with E-state index < -0.39 is 15.6 Å². The largest absolute Gasteiger partial charge is 0.537 e. The van der Waals surface area contributed by atoms with E-state index in [1.54, 1.807) is 42.5 Å². The quantitative estimate of drug-likeness (QED) is 0.409. The molecule has 0 fully saturated rings. The van der Waals surface area contributed by atoms with Crippen LogP contribution in [0.15, 0.2) is 84.9 Å². The molecule has 4 N–H and O–H groups in total.